The van der Waals surface area contributed by atoms with Gasteiger partial charge < -0.3 is 11.2 Å². The summed E-state index contributed by atoms with van der Waals surface area (Å²) in [4.78, 5) is 12.5. The number of hydrogen-bond donors (Lipinski definition) is 2. The van der Waals surface area contributed by atoms with Crippen LogP contribution in [0.1, 0.15) is 25.0 Å². The fourth-order valence-electron chi connectivity index (χ4n) is 2.91. The quantitative estimate of drug-likeness (QED) is 0.468. The van der Waals surface area contributed by atoms with Crippen LogP contribution in [0, 0.1) is 5.82 Å². The number of hydrogen-bond acceptors (Lipinski definition) is 5. The lowest BCUT2D eigenvalue weighted by Crippen LogP contribution is -2.18. The summed E-state index contributed by atoms with van der Waals surface area (Å²) in [5.74, 6) is 5.99. The van der Waals surface area contributed by atoms with Crippen LogP contribution >= 0.6 is 11.8 Å². The zero-order valence-electron chi connectivity index (χ0n) is 15.8. The number of nitrogens with one attached hydrogen (secondary N) is 1. The molecule has 1 amide bonds. The number of carbonyl (C=O) groups is 1. The van der Waals surface area contributed by atoms with E-state index in [0.717, 1.165) is 29.7 Å². The number of para-hydroxylation sites is 1. The van der Waals surface area contributed by atoms with Gasteiger partial charge >= 0.3 is 0 Å². The second-order valence-electron chi connectivity index (χ2n) is 6.18. The minimum absolute atomic E-state index is 0.139. The zero-order chi connectivity index (χ0) is 20.1. The van der Waals surface area contributed by atoms with Crippen molar-refractivity contribution in [2.75, 3.05) is 16.9 Å². The number of aromatic nitrogens is 3. The average molecular weight is 399 g/mol. The fraction of sp³-hybridized carbons (Fsp3) is 0.250. The van der Waals surface area contributed by atoms with E-state index in [-0.39, 0.29) is 17.5 Å². The Morgan fingerprint density at radius 2 is 1.82 bits per heavy atom. The molecule has 8 heteroatoms. The predicted octanol–water partition coefficient (Wildman–Crippen LogP) is 3.65. The summed E-state index contributed by atoms with van der Waals surface area (Å²) in [5, 5.41) is 11.4. The third-order valence-electron chi connectivity index (χ3n) is 4.34. The lowest BCUT2D eigenvalue weighted by atomic mass is 10.0. The summed E-state index contributed by atoms with van der Waals surface area (Å²) in [6, 6.07) is 12.0. The first-order valence-electron chi connectivity index (χ1n) is 9.03. The number of nitrogen functional groups attached to an aromatic ring is 1. The highest BCUT2D eigenvalue weighted by molar-refractivity contribution is 7.99. The van der Waals surface area contributed by atoms with Gasteiger partial charge in [-0.3, -0.25) is 4.79 Å². The Morgan fingerprint density at radius 1 is 1.14 bits per heavy atom. The predicted molar refractivity (Wildman–Crippen MR) is 110 cm³/mol. The SMILES string of the molecule is CCc1cccc(CC)c1NC(=O)CSc1nnc(-c2cccc(F)c2)n1N. The molecule has 0 bridgehead atoms. The van der Waals surface area contributed by atoms with E-state index in [1.807, 2.05) is 18.2 Å². The van der Waals surface area contributed by atoms with E-state index in [1.165, 1.54) is 28.6 Å². The van der Waals surface area contributed by atoms with Gasteiger partial charge in [0.1, 0.15) is 5.82 Å². The van der Waals surface area contributed by atoms with Crippen LogP contribution in [0.25, 0.3) is 11.4 Å². The first kappa shape index (κ1) is 19.9. The van der Waals surface area contributed by atoms with Crippen LogP contribution in [0.15, 0.2) is 47.6 Å². The monoisotopic (exact) mass is 399 g/mol. The first-order chi connectivity index (χ1) is 13.5. The minimum atomic E-state index is -0.379. The van der Waals surface area contributed by atoms with Crippen LogP contribution in [0.2, 0.25) is 0 Å². The van der Waals surface area contributed by atoms with E-state index >= 15 is 0 Å². The van der Waals surface area contributed by atoms with E-state index < -0.39 is 0 Å². The van der Waals surface area contributed by atoms with Crippen molar-refractivity contribution in [1.29, 1.82) is 0 Å². The second-order valence-corrected chi connectivity index (χ2v) is 7.12. The lowest BCUT2D eigenvalue weighted by Gasteiger charge is -2.14. The number of aryl methyl sites for hydroxylation is 2. The van der Waals surface area contributed by atoms with Gasteiger partial charge in [0.05, 0.1) is 5.75 Å². The maximum atomic E-state index is 13.4. The van der Waals surface area contributed by atoms with Gasteiger partial charge in [-0.05, 0) is 36.1 Å². The molecule has 0 saturated heterocycles. The summed E-state index contributed by atoms with van der Waals surface area (Å²) in [5.41, 5.74) is 3.62. The molecule has 0 saturated carbocycles. The van der Waals surface area contributed by atoms with Crippen LogP contribution in [-0.4, -0.2) is 26.5 Å². The van der Waals surface area contributed by atoms with Gasteiger partial charge in [-0.1, -0.05) is 55.9 Å². The van der Waals surface area contributed by atoms with E-state index in [0.29, 0.717) is 16.5 Å². The smallest absolute Gasteiger partial charge is 0.234 e. The molecule has 2 aromatic carbocycles. The maximum absolute atomic E-state index is 13.4. The van der Waals surface area contributed by atoms with Gasteiger partial charge in [0.15, 0.2) is 5.82 Å². The van der Waals surface area contributed by atoms with E-state index in [2.05, 4.69) is 29.4 Å². The normalized spacial score (nSPS) is 10.8. The Bertz CT molecular complexity index is 966. The van der Waals surface area contributed by atoms with Crippen LogP contribution < -0.4 is 11.2 Å². The summed E-state index contributed by atoms with van der Waals surface area (Å²) >= 11 is 1.18. The number of carbonyl (C=O) groups excluding carboxylic acids is 1. The number of nitrogens with zero attached hydrogens (tertiary/aromatic N) is 3. The molecule has 0 spiro atoms. The standard InChI is InChI=1S/C20H22FN5OS/c1-3-13-7-5-8-14(4-2)18(13)23-17(27)12-28-20-25-24-19(26(20)22)15-9-6-10-16(21)11-15/h5-11H,3-4,12,22H2,1-2H3,(H,23,27). The Balaban J connectivity index is 1.69. The van der Waals surface area contributed by atoms with Crippen molar-refractivity contribution in [2.24, 2.45) is 0 Å². The molecule has 3 aromatic rings. The largest absolute Gasteiger partial charge is 0.335 e. The van der Waals surface area contributed by atoms with Crippen LogP contribution in [0.5, 0.6) is 0 Å². The number of anilines is 1. The van der Waals surface area contributed by atoms with Crippen LogP contribution in [-0.2, 0) is 17.6 Å². The fourth-order valence-corrected chi connectivity index (χ4v) is 3.57. The first-order valence-corrected chi connectivity index (χ1v) is 10.0. The zero-order valence-corrected chi connectivity index (χ0v) is 16.6. The highest BCUT2D eigenvalue weighted by Crippen LogP contribution is 2.25. The molecule has 0 atom stereocenters. The summed E-state index contributed by atoms with van der Waals surface area (Å²) in [6.07, 6.45) is 1.68. The number of benzene rings is 2. The minimum Gasteiger partial charge on any atom is -0.335 e. The number of halogens is 1. The van der Waals surface area contributed by atoms with Gasteiger partial charge in [-0.25, -0.2) is 9.07 Å². The van der Waals surface area contributed by atoms with Gasteiger partial charge in [-0.2, -0.15) is 0 Å². The number of rotatable bonds is 7. The lowest BCUT2D eigenvalue weighted by molar-refractivity contribution is -0.113. The van der Waals surface area contributed by atoms with Crippen molar-refractivity contribution in [3.05, 3.63) is 59.4 Å². The van der Waals surface area contributed by atoms with E-state index in [9.17, 15) is 9.18 Å². The Labute approximate surface area is 167 Å². The van der Waals surface area contributed by atoms with Gasteiger partial charge in [0, 0.05) is 11.3 Å². The molecular formula is C20H22FN5OS. The maximum Gasteiger partial charge on any atom is 0.234 e. The third-order valence-corrected chi connectivity index (χ3v) is 5.29. The van der Waals surface area contributed by atoms with Gasteiger partial charge in [0.25, 0.3) is 0 Å². The highest BCUT2D eigenvalue weighted by atomic mass is 32.2. The van der Waals surface area contributed by atoms with Crippen molar-refractivity contribution in [3.63, 3.8) is 0 Å². The topological polar surface area (TPSA) is 85.8 Å². The summed E-state index contributed by atoms with van der Waals surface area (Å²) in [7, 11) is 0. The molecule has 0 unspecified atom stereocenters. The molecule has 3 rings (SSSR count). The molecule has 0 fully saturated rings. The number of amides is 1. The molecule has 1 heterocycles. The molecule has 0 aliphatic heterocycles. The Morgan fingerprint density at radius 3 is 2.46 bits per heavy atom. The van der Waals surface area contributed by atoms with Gasteiger partial charge in [0.2, 0.25) is 11.1 Å². The molecule has 0 radical (unpaired) electrons. The van der Waals surface area contributed by atoms with Crippen molar-refractivity contribution in [3.8, 4) is 11.4 Å². The Hall–Kier alpha value is -2.87. The van der Waals surface area contributed by atoms with Crippen LogP contribution in [0.3, 0.4) is 0 Å². The van der Waals surface area contributed by atoms with E-state index in [4.69, 9.17) is 5.84 Å². The summed E-state index contributed by atoms with van der Waals surface area (Å²) in [6.45, 7) is 4.12. The molecule has 0 aliphatic rings. The molecular weight excluding hydrogens is 377 g/mol. The van der Waals surface area contributed by atoms with Crippen molar-refractivity contribution >= 4 is 23.4 Å². The number of nitrogens with two attached hydrogens (primary N) is 1. The third kappa shape index (κ3) is 4.33. The number of thioether (sulfide) groups is 1. The molecule has 1 aromatic heterocycles. The summed E-state index contributed by atoms with van der Waals surface area (Å²) < 4.78 is 14.7. The molecule has 3 N–H and O–H groups in total. The van der Waals surface area contributed by atoms with Crippen molar-refractivity contribution < 1.29 is 9.18 Å². The average Bonchev–Trinajstić information content (AvgIpc) is 3.07. The molecule has 6 nitrogen and oxygen atoms in total. The molecule has 28 heavy (non-hydrogen) atoms. The van der Waals surface area contributed by atoms with Crippen molar-refractivity contribution in [1.82, 2.24) is 14.9 Å². The second kappa shape index (κ2) is 8.88. The van der Waals surface area contributed by atoms with Crippen molar-refractivity contribution in [2.45, 2.75) is 31.8 Å². The van der Waals surface area contributed by atoms with Crippen LogP contribution in [0.4, 0.5) is 10.1 Å². The highest BCUT2D eigenvalue weighted by Gasteiger charge is 2.15. The Kier molecular flexibility index (Phi) is 6.30. The van der Waals surface area contributed by atoms with Gasteiger partial charge in [-0.15, -0.1) is 10.2 Å². The molecule has 146 valence electrons. The van der Waals surface area contributed by atoms with E-state index in [1.54, 1.807) is 12.1 Å². The molecule has 0 aliphatic carbocycles.